The van der Waals surface area contributed by atoms with Gasteiger partial charge in [-0.25, -0.2) is 9.31 Å². The number of carbonyl (C=O) groups is 2. The fourth-order valence-electron chi connectivity index (χ4n) is 2.99. The monoisotopic (exact) mass is 367 g/mol. The van der Waals surface area contributed by atoms with Crippen molar-refractivity contribution >= 4 is 23.6 Å². The largest absolute Gasteiger partial charge is 0.465 e. The molecule has 0 spiro atoms. The van der Waals surface area contributed by atoms with Crippen molar-refractivity contribution < 1.29 is 19.4 Å². The molecule has 2 aromatic heterocycles. The number of fused-ring (bicyclic) bond motifs is 1. The van der Waals surface area contributed by atoms with Crippen LogP contribution >= 0.6 is 0 Å². The minimum atomic E-state index is -1.21. The number of anilines is 1. The summed E-state index contributed by atoms with van der Waals surface area (Å²) in [6.07, 6.45) is -1.21. The minimum absolute atomic E-state index is 0.00355. The summed E-state index contributed by atoms with van der Waals surface area (Å²) in [6, 6.07) is 13.3. The Morgan fingerprint density at radius 3 is 2.78 bits per heavy atom. The van der Waals surface area contributed by atoms with Crippen LogP contribution in [0.25, 0.3) is 16.9 Å². The molecular formula is C18H17N5O4. The average Bonchev–Trinajstić information content (AvgIpc) is 3.06. The lowest BCUT2D eigenvalue weighted by atomic mass is 10.1. The normalized spacial score (nSPS) is 14.5. The highest BCUT2D eigenvalue weighted by Gasteiger charge is 2.18. The van der Waals surface area contributed by atoms with Crippen LogP contribution in [0, 0.1) is 0 Å². The van der Waals surface area contributed by atoms with E-state index in [9.17, 15) is 9.59 Å². The van der Waals surface area contributed by atoms with E-state index in [0.717, 1.165) is 16.8 Å². The molecule has 0 saturated carbocycles. The third-order valence-electron chi connectivity index (χ3n) is 4.29. The standard InChI is InChI=1S/C18H17N5O4/c24-16-11-27-9-8-22(16)10-12-4-6-13(7-5-12)14-2-1-3-15-19-17(20-18(25)26)21-23(14)15/h1-7H,8-11H2,(H,20,21)(H,25,26). The van der Waals surface area contributed by atoms with Gasteiger partial charge in [0.1, 0.15) is 6.61 Å². The number of nitrogens with zero attached hydrogens (tertiary/aromatic N) is 4. The Bertz CT molecular complexity index is 999. The fraction of sp³-hybridized carbons (Fsp3) is 0.222. The maximum absolute atomic E-state index is 11.8. The molecule has 1 saturated heterocycles. The summed E-state index contributed by atoms with van der Waals surface area (Å²) in [4.78, 5) is 28.6. The SMILES string of the molecule is O=C(O)Nc1nc2cccc(-c3ccc(CN4CCOCC4=O)cc3)n2n1. The maximum Gasteiger partial charge on any atom is 0.411 e. The van der Waals surface area contributed by atoms with Crippen LogP contribution in [-0.4, -0.2) is 56.4 Å². The van der Waals surface area contributed by atoms with Gasteiger partial charge < -0.3 is 14.7 Å². The van der Waals surface area contributed by atoms with Gasteiger partial charge in [-0.1, -0.05) is 30.3 Å². The van der Waals surface area contributed by atoms with Crippen LogP contribution in [0.3, 0.4) is 0 Å². The first-order valence-corrected chi connectivity index (χ1v) is 8.41. The number of carboxylic acid groups (broad SMARTS) is 1. The highest BCUT2D eigenvalue weighted by atomic mass is 16.5. The predicted molar refractivity (Wildman–Crippen MR) is 96.3 cm³/mol. The molecule has 1 aliphatic rings. The van der Waals surface area contributed by atoms with E-state index in [1.165, 1.54) is 0 Å². The van der Waals surface area contributed by atoms with Crippen molar-refractivity contribution in [1.29, 1.82) is 0 Å². The van der Waals surface area contributed by atoms with Gasteiger partial charge in [-0.3, -0.25) is 10.1 Å². The van der Waals surface area contributed by atoms with Crippen molar-refractivity contribution in [3.63, 3.8) is 0 Å². The smallest absolute Gasteiger partial charge is 0.411 e. The highest BCUT2D eigenvalue weighted by molar-refractivity contribution is 5.80. The van der Waals surface area contributed by atoms with E-state index >= 15 is 0 Å². The van der Waals surface area contributed by atoms with Crippen molar-refractivity contribution in [3.8, 4) is 11.3 Å². The number of nitrogens with one attached hydrogen (secondary N) is 1. The summed E-state index contributed by atoms with van der Waals surface area (Å²) >= 11 is 0. The summed E-state index contributed by atoms with van der Waals surface area (Å²) in [6.45, 7) is 1.84. The summed E-state index contributed by atoms with van der Waals surface area (Å²) in [5, 5.41) is 15.2. The fourth-order valence-corrected chi connectivity index (χ4v) is 2.99. The molecule has 1 aromatic carbocycles. The molecule has 9 heteroatoms. The topological polar surface area (TPSA) is 109 Å². The number of amides is 2. The summed E-state index contributed by atoms with van der Waals surface area (Å²) < 4.78 is 6.73. The van der Waals surface area contributed by atoms with Crippen molar-refractivity contribution in [1.82, 2.24) is 19.5 Å². The molecule has 9 nitrogen and oxygen atoms in total. The molecule has 1 aliphatic heterocycles. The molecular weight excluding hydrogens is 350 g/mol. The molecule has 2 amide bonds. The van der Waals surface area contributed by atoms with Crippen LogP contribution in [0.15, 0.2) is 42.5 Å². The average molecular weight is 367 g/mol. The molecule has 27 heavy (non-hydrogen) atoms. The summed E-state index contributed by atoms with van der Waals surface area (Å²) in [5.41, 5.74) is 3.25. The number of carbonyl (C=O) groups excluding carboxylic acids is 1. The number of hydrogen-bond donors (Lipinski definition) is 2. The van der Waals surface area contributed by atoms with Gasteiger partial charge in [0.2, 0.25) is 5.91 Å². The molecule has 138 valence electrons. The van der Waals surface area contributed by atoms with Gasteiger partial charge in [-0.15, -0.1) is 5.10 Å². The molecule has 0 aliphatic carbocycles. The molecule has 0 atom stereocenters. The molecule has 0 radical (unpaired) electrons. The van der Waals surface area contributed by atoms with Gasteiger partial charge in [-0.2, -0.15) is 4.98 Å². The molecule has 4 rings (SSSR count). The maximum atomic E-state index is 11.8. The van der Waals surface area contributed by atoms with E-state index in [4.69, 9.17) is 9.84 Å². The van der Waals surface area contributed by atoms with Crippen LogP contribution in [0.1, 0.15) is 5.56 Å². The van der Waals surface area contributed by atoms with Crippen molar-refractivity contribution in [2.45, 2.75) is 6.54 Å². The first kappa shape index (κ1) is 17.0. The Morgan fingerprint density at radius 1 is 1.22 bits per heavy atom. The van der Waals surface area contributed by atoms with E-state index in [1.807, 2.05) is 36.4 Å². The Labute approximate surface area is 154 Å². The van der Waals surface area contributed by atoms with E-state index < -0.39 is 6.09 Å². The Morgan fingerprint density at radius 2 is 2.04 bits per heavy atom. The zero-order chi connectivity index (χ0) is 18.8. The van der Waals surface area contributed by atoms with Gasteiger partial charge >= 0.3 is 6.09 Å². The Kier molecular flexibility index (Phi) is 4.43. The first-order valence-electron chi connectivity index (χ1n) is 8.41. The predicted octanol–water partition coefficient (Wildman–Crippen LogP) is 1.84. The molecule has 2 N–H and O–H groups in total. The van der Waals surface area contributed by atoms with Crippen LogP contribution in [0.5, 0.6) is 0 Å². The second kappa shape index (κ2) is 7.04. The Balaban J connectivity index is 1.59. The minimum Gasteiger partial charge on any atom is -0.465 e. The van der Waals surface area contributed by atoms with E-state index in [2.05, 4.69) is 15.4 Å². The van der Waals surface area contributed by atoms with Crippen LogP contribution in [0.4, 0.5) is 10.7 Å². The highest BCUT2D eigenvalue weighted by Crippen LogP contribution is 2.22. The molecule has 3 aromatic rings. The zero-order valence-electron chi connectivity index (χ0n) is 14.3. The van der Waals surface area contributed by atoms with Gasteiger partial charge in [0, 0.05) is 18.7 Å². The third kappa shape index (κ3) is 3.58. The Hall–Kier alpha value is -3.46. The summed E-state index contributed by atoms with van der Waals surface area (Å²) in [5.74, 6) is 0.0218. The zero-order valence-corrected chi connectivity index (χ0v) is 14.3. The number of hydrogen-bond acceptors (Lipinski definition) is 5. The van der Waals surface area contributed by atoms with E-state index in [0.29, 0.717) is 25.3 Å². The molecule has 1 fully saturated rings. The number of benzene rings is 1. The lowest BCUT2D eigenvalue weighted by Crippen LogP contribution is -2.40. The van der Waals surface area contributed by atoms with Gasteiger partial charge in [0.05, 0.1) is 12.3 Å². The van der Waals surface area contributed by atoms with Crippen LogP contribution < -0.4 is 5.32 Å². The van der Waals surface area contributed by atoms with E-state index in [-0.39, 0.29) is 18.5 Å². The van der Waals surface area contributed by atoms with Gasteiger partial charge in [-0.05, 0) is 17.7 Å². The quantitative estimate of drug-likeness (QED) is 0.728. The van der Waals surface area contributed by atoms with Crippen molar-refractivity contribution in [2.75, 3.05) is 25.1 Å². The lowest BCUT2D eigenvalue weighted by molar-refractivity contribution is -0.143. The second-order valence-corrected chi connectivity index (χ2v) is 6.11. The van der Waals surface area contributed by atoms with Crippen molar-refractivity contribution in [2.24, 2.45) is 0 Å². The van der Waals surface area contributed by atoms with Crippen LogP contribution in [0.2, 0.25) is 0 Å². The summed E-state index contributed by atoms with van der Waals surface area (Å²) in [7, 11) is 0. The van der Waals surface area contributed by atoms with Gasteiger partial charge in [0.25, 0.3) is 5.95 Å². The number of morpholine rings is 1. The molecule has 0 bridgehead atoms. The lowest BCUT2D eigenvalue weighted by Gasteiger charge is -2.26. The second-order valence-electron chi connectivity index (χ2n) is 6.11. The third-order valence-corrected chi connectivity index (χ3v) is 4.29. The van der Waals surface area contributed by atoms with Crippen LogP contribution in [-0.2, 0) is 16.1 Å². The van der Waals surface area contributed by atoms with Gasteiger partial charge in [0.15, 0.2) is 5.65 Å². The number of ether oxygens (including phenoxy) is 1. The first-order chi connectivity index (χ1) is 13.1. The van der Waals surface area contributed by atoms with Crippen molar-refractivity contribution in [3.05, 3.63) is 48.0 Å². The van der Waals surface area contributed by atoms with E-state index in [1.54, 1.807) is 15.5 Å². The number of rotatable bonds is 4. The molecule has 3 heterocycles. The number of pyridine rings is 1. The number of aromatic nitrogens is 3. The molecule has 0 unspecified atom stereocenters.